The van der Waals surface area contributed by atoms with Gasteiger partial charge in [-0.1, -0.05) is 18.2 Å². The number of aryl methyl sites for hydroxylation is 2. The van der Waals surface area contributed by atoms with E-state index in [0.29, 0.717) is 13.1 Å². The van der Waals surface area contributed by atoms with Crippen LogP contribution in [-0.4, -0.2) is 35.8 Å². The van der Waals surface area contributed by atoms with Crippen LogP contribution < -0.4 is 4.90 Å². The smallest absolute Gasteiger partial charge is 0.257 e. The number of anilines is 1. The molecule has 3 rings (SSSR count). The molecule has 1 aliphatic rings. The molecule has 0 radical (unpaired) electrons. The van der Waals surface area contributed by atoms with Crippen molar-refractivity contribution >= 4 is 17.5 Å². The zero-order chi connectivity index (χ0) is 18.1. The molecular formula is C20H21FN2O2. The van der Waals surface area contributed by atoms with Crippen LogP contribution in [-0.2, 0) is 4.79 Å². The maximum Gasteiger partial charge on any atom is 0.257 e. The van der Waals surface area contributed by atoms with Crippen LogP contribution in [0.15, 0.2) is 42.5 Å². The third-order valence-electron chi connectivity index (χ3n) is 4.82. The first-order valence-corrected chi connectivity index (χ1v) is 8.34. The van der Waals surface area contributed by atoms with E-state index in [9.17, 15) is 14.0 Å². The Morgan fingerprint density at radius 1 is 1.08 bits per heavy atom. The summed E-state index contributed by atoms with van der Waals surface area (Å²) in [6, 6.07) is 11.1. The number of carbonyl (C=O) groups is 2. The van der Waals surface area contributed by atoms with E-state index >= 15 is 0 Å². The maximum atomic E-state index is 13.9. The van der Waals surface area contributed by atoms with Gasteiger partial charge in [-0.2, -0.15) is 0 Å². The molecule has 1 aliphatic heterocycles. The molecule has 25 heavy (non-hydrogen) atoms. The summed E-state index contributed by atoms with van der Waals surface area (Å²) >= 11 is 0. The van der Waals surface area contributed by atoms with Gasteiger partial charge in [-0.15, -0.1) is 0 Å². The second kappa shape index (κ2) is 6.67. The second-order valence-electron chi connectivity index (χ2n) is 6.41. The van der Waals surface area contributed by atoms with Crippen molar-refractivity contribution in [2.24, 2.45) is 0 Å². The first-order chi connectivity index (χ1) is 11.9. The number of hydrogen-bond donors (Lipinski definition) is 0. The Hall–Kier alpha value is -2.69. The Labute approximate surface area is 146 Å². The van der Waals surface area contributed by atoms with Crippen molar-refractivity contribution < 1.29 is 14.0 Å². The van der Waals surface area contributed by atoms with Gasteiger partial charge < -0.3 is 9.80 Å². The summed E-state index contributed by atoms with van der Waals surface area (Å²) in [5.74, 6) is -1.17. The third-order valence-corrected chi connectivity index (χ3v) is 4.82. The van der Waals surface area contributed by atoms with Crippen LogP contribution in [0.25, 0.3) is 0 Å². The van der Waals surface area contributed by atoms with Gasteiger partial charge in [0.2, 0.25) is 5.91 Å². The van der Waals surface area contributed by atoms with Crippen LogP contribution in [0.1, 0.15) is 28.4 Å². The van der Waals surface area contributed by atoms with Gasteiger partial charge in [-0.05, 0) is 56.2 Å². The lowest BCUT2D eigenvalue weighted by Gasteiger charge is -2.39. The second-order valence-corrected chi connectivity index (χ2v) is 6.41. The molecule has 2 aromatic carbocycles. The van der Waals surface area contributed by atoms with E-state index in [1.54, 1.807) is 24.0 Å². The van der Waals surface area contributed by atoms with Gasteiger partial charge in [0.25, 0.3) is 5.91 Å². The predicted molar refractivity (Wildman–Crippen MR) is 95.2 cm³/mol. The van der Waals surface area contributed by atoms with Gasteiger partial charge in [-0.25, -0.2) is 4.39 Å². The number of piperazine rings is 1. The lowest BCUT2D eigenvalue weighted by atomic mass is 10.1. The van der Waals surface area contributed by atoms with Crippen LogP contribution >= 0.6 is 0 Å². The highest BCUT2D eigenvalue weighted by Gasteiger charge is 2.36. The molecule has 0 aromatic heterocycles. The number of rotatable bonds is 2. The molecule has 1 saturated heterocycles. The molecule has 1 heterocycles. The standard InChI is InChI=1S/C20H21FN2O2/c1-13-8-9-16(12-14(13)2)23-11-10-22(15(3)19(23)24)20(25)17-6-4-5-7-18(17)21/h4-9,12,15H,10-11H2,1-3H3/t15-/m0/s1. The highest BCUT2D eigenvalue weighted by Crippen LogP contribution is 2.24. The molecule has 5 heteroatoms. The zero-order valence-corrected chi connectivity index (χ0v) is 14.6. The summed E-state index contributed by atoms with van der Waals surface area (Å²) in [5, 5.41) is 0. The van der Waals surface area contributed by atoms with Crippen molar-refractivity contribution in [3.8, 4) is 0 Å². The Morgan fingerprint density at radius 2 is 1.80 bits per heavy atom. The fraction of sp³-hybridized carbons (Fsp3) is 0.300. The molecule has 1 fully saturated rings. The van der Waals surface area contributed by atoms with Crippen LogP contribution in [0, 0.1) is 19.7 Å². The number of hydrogen-bond acceptors (Lipinski definition) is 2. The molecule has 0 unspecified atom stereocenters. The molecule has 1 atom stereocenters. The first kappa shape index (κ1) is 17.1. The van der Waals surface area contributed by atoms with Gasteiger partial charge in [-0.3, -0.25) is 9.59 Å². The SMILES string of the molecule is Cc1ccc(N2CCN(C(=O)c3ccccc3F)[C@@H](C)C2=O)cc1C. The lowest BCUT2D eigenvalue weighted by Crippen LogP contribution is -2.57. The maximum absolute atomic E-state index is 13.9. The highest BCUT2D eigenvalue weighted by atomic mass is 19.1. The van der Waals surface area contributed by atoms with Gasteiger partial charge in [0.05, 0.1) is 5.56 Å². The van der Waals surface area contributed by atoms with Gasteiger partial charge >= 0.3 is 0 Å². The molecule has 130 valence electrons. The monoisotopic (exact) mass is 340 g/mol. The van der Waals surface area contributed by atoms with Crippen molar-refractivity contribution in [3.63, 3.8) is 0 Å². The van der Waals surface area contributed by atoms with E-state index in [4.69, 9.17) is 0 Å². The Morgan fingerprint density at radius 3 is 2.48 bits per heavy atom. The van der Waals surface area contributed by atoms with E-state index in [0.717, 1.165) is 16.8 Å². The van der Waals surface area contributed by atoms with Crippen molar-refractivity contribution in [3.05, 3.63) is 65.0 Å². The zero-order valence-electron chi connectivity index (χ0n) is 14.6. The minimum Gasteiger partial charge on any atom is -0.325 e. The van der Waals surface area contributed by atoms with Crippen molar-refractivity contribution in [2.45, 2.75) is 26.8 Å². The van der Waals surface area contributed by atoms with E-state index in [2.05, 4.69) is 0 Å². The highest BCUT2D eigenvalue weighted by molar-refractivity contribution is 6.03. The Kier molecular flexibility index (Phi) is 4.57. The lowest BCUT2D eigenvalue weighted by molar-refractivity contribution is -0.124. The molecule has 2 amide bonds. The summed E-state index contributed by atoms with van der Waals surface area (Å²) < 4.78 is 13.9. The molecule has 2 aromatic rings. The minimum atomic E-state index is -0.637. The third kappa shape index (κ3) is 3.14. The summed E-state index contributed by atoms with van der Waals surface area (Å²) in [7, 11) is 0. The average Bonchev–Trinajstić information content (AvgIpc) is 2.60. The number of benzene rings is 2. The topological polar surface area (TPSA) is 40.6 Å². The largest absolute Gasteiger partial charge is 0.325 e. The number of nitrogens with zero attached hydrogens (tertiary/aromatic N) is 2. The van der Waals surface area contributed by atoms with E-state index in [1.807, 2.05) is 32.0 Å². The van der Waals surface area contributed by atoms with Crippen molar-refractivity contribution in [2.75, 3.05) is 18.0 Å². The Balaban J connectivity index is 1.83. The number of amides is 2. The Bertz CT molecular complexity index is 834. The van der Waals surface area contributed by atoms with E-state index < -0.39 is 17.8 Å². The van der Waals surface area contributed by atoms with Crippen LogP contribution in [0.3, 0.4) is 0 Å². The molecular weight excluding hydrogens is 319 g/mol. The molecule has 0 bridgehead atoms. The van der Waals surface area contributed by atoms with Gasteiger partial charge in [0, 0.05) is 18.8 Å². The van der Waals surface area contributed by atoms with Gasteiger partial charge in [0.1, 0.15) is 11.9 Å². The first-order valence-electron chi connectivity index (χ1n) is 8.34. The molecule has 4 nitrogen and oxygen atoms in total. The fourth-order valence-corrected chi connectivity index (χ4v) is 3.09. The minimum absolute atomic E-state index is 0.00165. The van der Waals surface area contributed by atoms with Crippen molar-refractivity contribution in [1.29, 1.82) is 0 Å². The summed E-state index contributed by atoms with van der Waals surface area (Å²) in [6.07, 6.45) is 0. The number of halogens is 1. The number of carbonyl (C=O) groups excluding carboxylic acids is 2. The van der Waals surface area contributed by atoms with E-state index in [1.165, 1.54) is 17.0 Å². The molecule has 0 N–H and O–H groups in total. The fourth-order valence-electron chi connectivity index (χ4n) is 3.09. The normalized spacial score (nSPS) is 17.8. The van der Waals surface area contributed by atoms with Crippen molar-refractivity contribution in [1.82, 2.24) is 4.90 Å². The summed E-state index contributed by atoms with van der Waals surface area (Å²) in [6.45, 7) is 6.48. The average molecular weight is 340 g/mol. The predicted octanol–water partition coefficient (Wildman–Crippen LogP) is 3.32. The van der Waals surface area contributed by atoms with Crippen LogP contribution in [0.4, 0.5) is 10.1 Å². The summed E-state index contributed by atoms with van der Waals surface area (Å²) in [4.78, 5) is 28.6. The molecule has 0 saturated carbocycles. The van der Waals surface area contributed by atoms with Gasteiger partial charge in [0.15, 0.2) is 0 Å². The molecule has 0 spiro atoms. The van der Waals surface area contributed by atoms with Crippen LogP contribution in [0.5, 0.6) is 0 Å². The van der Waals surface area contributed by atoms with E-state index in [-0.39, 0.29) is 11.5 Å². The van der Waals surface area contributed by atoms with Crippen LogP contribution in [0.2, 0.25) is 0 Å². The quantitative estimate of drug-likeness (QED) is 0.841. The summed E-state index contributed by atoms with van der Waals surface area (Å²) in [5.41, 5.74) is 3.11. The molecule has 0 aliphatic carbocycles.